The molecule has 0 radical (unpaired) electrons. The predicted molar refractivity (Wildman–Crippen MR) is 75.3 cm³/mol. The van der Waals surface area contributed by atoms with Crippen LogP contribution in [-0.4, -0.2) is 18.6 Å². The number of ether oxygens (including phenoxy) is 1. The van der Waals surface area contributed by atoms with Crippen molar-refractivity contribution in [2.75, 3.05) is 6.54 Å². The Kier molecular flexibility index (Phi) is 4.66. The molecule has 1 unspecified atom stereocenters. The van der Waals surface area contributed by atoms with Gasteiger partial charge in [0.05, 0.1) is 0 Å². The Morgan fingerprint density at radius 3 is 3.00 bits per heavy atom. The number of hydrogen-bond acceptors (Lipinski definition) is 3. The Balaban J connectivity index is 2.19. The number of halogens is 1. The van der Waals surface area contributed by atoms with Gasteiger partial charge < -0.3 is 15.8 Å². The average molecular weight is 283 g/mol. The minimum Gasteiger partial charge on any atom is -0.480 e. The van der Waals surface area contributed by atoms with Crippen molar-refractivity contribution in [1.82, 2.24) is 5.32 Å². The van der Waals surface area contributed by atoms with Gasteiger partial charge in [0.25, 0.3) is 5.91 Å². The third-order valence-corrected chi connectivity index (χ3v) is 3.45. The Morgan fingerprint density at radius 2 is 2.26 bits per heavy atom. The van der Waals surface area contributed by atoms with Crippen molar-refractivity contribution in [2.24, 2.45) is 5.73 Å². The summed E-state index contributed by atoms with van der Waals surface area (Å²) in [5.74, 6) is 0.588. The second kappa shape index (κ2) is 6.26. The lowest BCUT2D eigenvalue weighted by atomic mass is 10.1. The van der Waals surface area contributed by atoms with Crippen molar-refractivity contribution < 1.29 is 9.53 Å². The second-order valence-electron chi connectivity index (χ2n) is 4.86. The normalized spacial score (nSPS) is 21.4. The third-order valence-electron chi connectivity index (χ3n) is 3.22. The Bertz CT molecular complexity index is 463. The molecular formula is C14H19ClN2O2. The largest absolute Gasteiger partial charge is 0.480 e. The molecule has 19 heavy (non-hydrogen) atoms. The summed E-state index contributed by atoms with van der Waals surface area (Å²) in [6.07, 6.45) is 2.25. The first kappa shape index (κ1) is 14.2. The summed E-state index contributed by atoms with van der Waals surface area (Å²) in [6.45, 7) is 2.59. The van der Waals surface area contributed by atoms with Gasteiger partial charge in [0.2, 0.25) is 0 Å². The smallest absolute Gasteiger partial charge is 0.261 e. The number of amides is 1. The molecule has 0 bridgehead atoms. The molecule has 2 rings (SSSR count). The number of hydrogen-bond donors (Lipinski definition) is 2. The van der Waals surface area contributed by atoms with Gasteiger partial charge in [0, 0.05) is 23.2 Å². The lowest BCUT2D eigenvalue weighted by molar-refractivity contribution is -0.127. The highest BCUT2D eigenvalue weighted by Crippen LogP contribution is 2.29. The lowest BCUT2D eigenvalue weighted by Gasteiger charge is -2.20. The summed E-state index contributed by atoms with van der Waals surface area (Å²) in [5, 5.41) is 3.47. The molecule has 2 atom stereocenters. The highest BCUT2D eigenvalue weighted by molar-refractivity contribution is 6.30. The molecule has 0 spiro atoms. The zero-order valence-corrected chi connectivity index (χ0v) is 11.7. The molecule has 0 aromatic heterocycles. The SMILES string of the molecule is C[C@H](N)c1cc(Cl)ccc1OC1CCCCNC1=O. The van der Waals surface area contributed by atoms with Gasteiger partial charge in [-0.05, 0) is 44.4 Å². The van der Waals surface area contributed by atoms with E-state index >= 15 is 0 Å². The van der Waals surface area contributed by atoms with Gasteiger partial charge in [-0.15, -0.1) is 0 Å². The first-order chi connectivity index (χ1) is 9.08. The van der Waals surface area contributed by atoms with Crippen LogP contribution in [-0.2, 0) is 4.79 Å². The summed E-state index contributed by atoms with van der Waals surface area (Å²) in [4.78, 5) is 11.9. The molecular weight excluding hydrogens is 264 g/mol. The fourth-order valence-electron chi connectivity index (χ4n) is 2.16. The quantitative estimate of drug-likeness (QED) is 0.895. The molecule has 0 saturated carbocycles. The van der Waals surface area contributed by atoms with Crippen LogP contribution in [0.5, 0.6) is 5.75 Å². The van der Waals surface area contributed by atoms with Gasteiger partial charge >= 0.3 is 0 Å². The molecule has 5 heteroatoms. The van der Waals surface area contributed by atoms with Crippen molar-refractivity contribution in [2.45, 2.75) is 38.3 Å². The number of nitrogens with two attached hydrogens (primary N) is 1. The maximum atomic E-state index is 11.9. The average Bonchev–Trinajstić information content (AvgIpc) is 2.57. The van der Waals surface area contributed by atoms with Crippen molar-refractivity contribution in [3.8, 4) is 5.75 Å². The molecule has 1 saturated heterocycles. The number of rotatable bonds is 3. The van der Waals surface area contributed by atoms with Crippen molar-refractivity contribution in [1.29, 1.82) is 0 Å². The van der Waals surface area contributed by atoms with Gasteiger partial charge in [0.1, 0.15) is 5.75 Å². The van der Waals surface area contributed by atoms with E-state index in [2.05, 4.69) is 5.32 Å². The Morgan fingerprint density at radius 1 is 1.47 bits per heavy atom. The van der Waals surface area contributed by atoms with Crippen LogP contribution in [0.25, 0.3) is 0 Å². The van der Waals surface area contributed by atoms with Crippen LogP contribution >= 0.6 is 11.6 Å². The molecule has 1 amide bonds. The molecule has 0 aliphatic carbocycles. The molecule has 1 aliphatic rings. The van der Waals surface area contributed by atoms with Gasteiger partial charge in [-0.1, -0.05) is 11.6 Å². The van der Waals surface area contributed by atoms with Crippen molar-refractivity contribution in [3.63, 3.8) is 0 Å². The minimum absolute atomic E-state index is 0.0527. The predicted octanol–water partition coefficient (Wildman–Crippen LogP) is 2.41. The van der Waals surface area contributed by atoms with Crippen molar-refractivity contribution >= 4 is 17.5 Å². The maximum Gasteiger partial charge on any atom is 0.261 e. The summed E-state index contributed by atoms with van der Waals surface area (Å²) >= 11 is 5.97. The summed E-state index contributed by atoms with van der Waals surface area (Å²) in [5.41, 5.74) is 6.74. The van der Waals surface area contributed by atoms with E-state index in [4.69, 9.17) is 22.1 Å². The summed E-state index contributed by atoms with van der Waals surface area (Å²) in [6, 6.07) is 5.12. The van der Waals surface area contributed by atoms with E-state index in [1.165, 1.54) is 0 Å². The highest BCUT2D eigenvalue weighted by Gasteiger charge is 2.23. The number of carbonyl (C=O) groups excluding carboxylic acids is 1. The second-order valence-corrected chi connectivity index (χ2v) is 5.30. The topological polar surface area (TPSA) is 64.3 Å². The van der Waals surface area contributed by atoms with Crippen LogP contribution < -0.4 is 15.8 Å². The van der Waals surface area contributed by atoms with Gasteiger partial charge in [0.15, 0.2) is 6.10 Å². The van der Waals surface area contributed by atoms with Crippen LogP contribution in [0.15, 0.2) is 18.2 Å². The fraction of sp³-hybridized carbons (Fsp3) is 0.500. The number of benzene rings is 1. The van der Waals surface area contributed by atoms with Crippen LogP contribution in [0.1, 0.15) is 37.8 Å². The molecule has 104 valence electrons. The zero-order chi connectivity index (χ0) is 13.8. The molecule has 1 heterocycles. The third kappa shape index (κ3) is 3.61. The van der Waals surface area contributed by atoms with Crippen LogP contribution in [0, 0.1) is 0 Å². The van der Waals surface area contributed by atoms with E-state index in [9.17, 15) is 4.79 Å². The molecule has 4 nitrogen and oxygen atoms in total. The van der Waals surface area contributed by atoms with Gasteiger partial charge in [-0.25, -0.2) is 0 Å². The molecule has 3 N–H and O–H groups in total. The van der Waals surface area contributed by atoms with Crippen molar-refractivity contribution in [3.05, 3.63) is 28.8 Å². The fourth-order valence-corrected chi connectivity index (χ4v) is 2.34. The monoisotopic (exact) mass is 282 g/mol. The van der Waals surface area contributed by atoms with Crippen LogP contribution in [0.4, 0.5) is 0 Å². The molecule has 1 aromatic rings. The highest BCUT2D eigenvalue weighted by atomic mass is 35.5. The van der Waals surface area contributed by atoms with E-state index in [0.29, 0.717) is 10.8 Å². The first-order valence-electron chi connectivity index (χ1n) is 6.57. The summed E-state index contributed by atoms with van der Waals surface area (Å²) in [7, 11) is 0. The van der Waals surface area contributed by atoms with E-state index in [1.807, 2.05) is 6.92 Å². The molecule has 1 aliphatic heterocycles. The molecule has 1 aromatic carbocycles. The van der Waals surface area contributed by atoms with E-state index < -0.39 is 6.10 Å². The van der Waals surface area contributed by atoms with E-state index in [-0.39, 0.29) is 11.9 Å². The molecule has 1 fully saturated rings. The number of carbonyl (C=O) groups is 1. The van der Waals surface area contributed by atoms with E-state index in [0.717, 1.165) is 31.4 Å². The van der Waals surface area contributed by atoms with Crippen LogP contribution in [0.2, 0.25) is 5.02 Å². The van der Waals surface area contributed by atoms with Gasteiger partial charge in [-0.3, -0.25) is 4.79 Å². The van der Waals surface area contributed by atoms with E-state index in [1.54, 1.807) is 18.2 Å². The Labute approximate surface area is 118 Å². The Hall–Kier alpha value is -1.26. The zero-order valence-electron chi connectivity index (χ0n) is 11.0. The lowest BCUT2D eigenvalue weighted by Crippen LogP contribution is -2.36. The van der Waals surface area contributed by atoms with Gasteiger partial charge in [-0.2, -0.15) is 0 Å². The number of nitrogens with one attached hydrogen (secondary N) is 1. The first-order valence-corrected chi connectivity index (χ1v) is 6.95. The van der Waals surface area contributed by atoms with Crippen LogP contribution in [0.3, 0.4) is 0 Å². The minimum atomic E-state index is -0.443. The standard InChI is InChI=1S/C14H19ClN2O2/c1-9(16)11-8-10(15)5-6-12(11)19-13-4-2-3-7-17-14(13)18/h5-6,8-9,13H,2-4,7,16H2,1H3,(H,17,18)/t9-,13?/m0/s1. The maximum absolute atomic E-state index is 11.9. The summed E-state index contributed by atoms with van der Waals surface area (Å²) < 4.78 is 5.84.